The van der Waals surface area contributed by atoms with E-state index in [1.165, 1.54) is 32.4 Å². The molecule has 0 spiro atoms. The minimum atomic E-state index is -1.03. The Morgan fingerprint density at radius 3 is 2.42 bits per heavy atom. The van der Waals surface area contributed by atoms with Gasteiger partial charge < -0.3 is 18.9 Å². The van der Waals surface area contributed by atoms with Crippen LogP contribution in [0.25, 0.3) is 0 Å². The smallest absolute Gasteiger partial charge is 0.347 e. The largest absolute Gasteiger partial charge is 0.490 e. The number of hydrogen-bond donors (Lipinski definition) is 0. The topological polar surface area (TPSA) is 114 Å². The van der Waals surface area contributed by atoms with E-state index in [1.807, 2.05) is 0 Å². The fourth-order valence-electron chi connectivity index (χ4n) is 1.79. The monoisotopic (exact) mass is 341 g/mol. The highest BCUT2D eigenvalue weighted by Crippen LogP contribution is 2.30. The van der Waals surface area contributed by atoms with E-state index in [-0.39, 0.29) is 23.1 Å². The summed E-state index contributed by atoms with van der Waals surface area (Å²) in [5.41, 5.74) is -0.224. The van der Waals surface area contributed by atoms with E-state index >= 15 is 0 Å². The summed E-state index contributed by atoms with van der Waals surface area (Å²) >= 11 is 0. The zero-order chi connectivity index (χ0) is 18.3. The molecule has 0 bridgehead atoms. The van der Waals surface area contributed by atoms with Crippen molar-refractivity contribution in [2.45, 2.75) is 20.0 Å². The van der Waals surface area contributed by atoms with Crippen molar-refractivity contribution in [3.63, 3.8) is 0 Å². The van der Waals surface area contributed by atoms with Gasteiger partial charge >= 0.3 is 17.6 Å². The molecule has 0 amide bonds. The van der Waals surface area contributed by atoms with Crippen molar-refractivity contribution in [1.82, 2.24) is 0 Å². The van der Waals surface area contributed by atoms with E-state index in [4.69, 9.17) is 14.2 Å². The maximum Gasteiger partial charge on any atom is 0.347 e. The molecule has 1 aromatic rings. The fraction of sp³-hybridized carbons (Fsp3) is 0.467. The van der Waals surface area contributed by atoms with E-state index in [0.29, 0.717) is 0 Å². The Kier molecular flexibility index (Phi) is 6.97. The summed E-state index contributed by atoms with van der Waals surface area (Å²) in [5, 5.41) is 10.8. The van der Waals surface area contributed by atoms with Gasteiger partial charge in [-0.1, -0.05) is 13.8 Å². The Labute approximate surface area is 138 Å². The molecule has 9 heteroatoms. The highest BCUT2D eigenvalue weighted by molar-refractivity contribution is 5.80. The van der Waals surface area contributed by atoms with Gasteiger partial charge in [0.1, 0.15) is 5.75 Å². The number of nitro groups is 1. The summed E-state index contributed by atoms with van der Waals surface area (Å²) in [6, 6.07) is 3.81. The Hall–Kier alpha value is -2.84. The molecule has 0 radical (unpaired) electrons. The van der Waals surface area contributed by atoms with Gasteiger partial charge in [0.2, 0.25) is 11.9 Å². The van der Waals surface area contributed by atoms with Gasteiger partial charge in [0.25, 0.3) is 0 Å². The fourth-order valence-corrected chi connectivity index (χ4v) is 1.79. The van der Waals surface area contributed by atoms with Gasteiger partial charge in [0.05, 0.1) is 19.1 Å². The van der Waals surface area contributed by atoms with Crippen LogP contribution in [0.5, 0.6) is 11.5 Å². The molecule has 0 heterocycles. The molecule has 0 aromatic heterocycles. The molecule has 1 unspecified atom stereocenters. The van der Waals surface area contributed by atoms with Gasteiger partial charge in [0.15, 0.2) is 6.61 Å². The molecule has 0 saturated carbocycles. The summed E-state index contributed by atoms with van der Waals surface area (Å²) in [7, 11) is 2.48. The van der Waals surface area contributed by atoms with Crippen LogP contribution in [0, 0.1) is 16.0 Å². The quantitative estimate of drug-likeness (QED) is 0.399. The van der Waals surface area contributed by atoms with Crippen LogP contribution in [0.4, 0.5) is 5.69 Å². The maximum atomic E-state index is 11.8. The SMILES string of the molecule is COC(=O)C(OC(=O)COc1ccc([N+](=O)[O-])c(OC)c1)C(C)C. The van der Waals surface area contributed by atoms with Gasteiger partial charge in [-0.2, -0.15) is 0 Å². The van der Waals surface area contributed by atoms with Gasteiger partial charge in [0, 0.05) is 18.1 Å². The number of hydrogen-bond acceptors (Lipinski definition) is 8. The normalized spacial score (nSPS) is 11.5. The predicted molar refractivity (Wildman–Crippen MR) is 81.9 cm³/mol. The van der Waals surface area contributed by atoms with Crippen molar-refractivity contribution in [3.05, 3.63) is 28.3 Å². The van der Waals surface area contributed by atoms with Crippen LogP contribution in [0.3, 0.4) is 0 Å². The van der Waals surface area contributed by atoms with Gasteiger partial charge in [-0.25, -0.2) is 9.59 Å². The van der Waals surface area contributed by atoms with Crippen LogP contribution in [-0.2, 0) is 19.1 Å². The molecule has 0 fully saturated rings. The van der Waals surface area contributed by atoms with Gasteiger partial charge in [-0.05, 0) is 6.07 Å². The highest BCUT2D eigenvalue weighted by atomic mass is 16.6. The van der Waals surface area contributed by atoms with Crippen LogP contribution in [0.15, 0.2) is 18.2 Å². The van der Waals surface area contributed by atoms with Gasteiger partial charge in [-0.15, -0.1) is 0 Å². The van der Waals surface area contributed by atoms with E-state index < -0.39 is 29.6 Å². The van der Waals surface area contributed by atoms with Crippen LogP contribution < -0.4 is 9.47 Å². The number of rotatable bonds is 8. The molecule has 24 heavy (non-hydrogen) atoms. The summed E-state index contributed by atoms with van der Waals surface area (Å²) in [6.07, 6.45) is -1.03. The molecule has 9 nitrogen and oxygen atoms in total. The second-order valence-electron chi connectivity index (χ2n) is 5.06. The van der Waals surface area contributed by atoms with Crippen molar-refractivity contribution >= 4 is 17.6 Å². The van der Waals surface area contributed by atoms with Crippen LogP contribution in [0.1, 0.15) is 13.8 Å². The number of ether oxygens (including phenoxy) is 4. The Balaban J connectivity index is 2.70. The third kappa shape index (κ3) is 5.11. The third-order valence-corrected chi connectivity index (χ3v) is 3.00. The van der Waals surface area contributed by atoms with E-state index in [1.54, 1.807) is 13.8 Å². The first-order valence-electron chi connectivity index (χ1n) is 7.02. The molecule has 132 valence electrons. The first-order chi connectivity index (χ1) is 11.3. The molecular weight excluding hydrogens is 322 g/mol. The van der Waals surface area contributed by atoms with Crippen molar-refractivity contribution in [2.24, 2.45) is 5.92 Å². The Bertz CT molecular complexity index is 613. The van der Waals surface area contributed by atoms with Crippen molar-refractivity contribution in [1.29, 1.82) is 0 Å². The molecule has 0 saturated heterocycles. The lowest BCUT2D eigenvalue weighted by atomic mass is 10.1. The number of carbonyl (C=O) groups excluding carboxylic acids is 2. The van der Waals surface area contributed by atoms with E-state index in [0.717, 1.165) is 0 Å². The number of nitro benzene ring substituents is 1. The molecule has 1 rings (SSSR count). The number of carbonyl (C=O) groups is 2. The summed E-state index contributed by atoms with van der Waals surface area (Å²) in [6.45, 7) is 2.94. The summed E-state index contributed by atoms with van der Waals surface area (Å²) in [4.78, 5) is 33.5. The highest BCUT2D eigenvalue weighted by Gasteiger charge is 2.27. The Morgan fingerprint density at radius 1 is 1.25 bits per heavy atom. The second kappa shape index (κ2) is 8.70. The number of methoxy groups -OCH3 is 2. The van der Waals surface area contributed by atoms with E-state index in [9.17, 15) is 19.7 Å². The first kappa shape index (κ1) is 19.2. The summed E-state index contributed by atoms with van der Waals surface area (Å²) < 4.78 is 19.7. The lowest BCUT2D eigenvalue weighted by Crippen LogP contribution is -2.34. The third-order valence-electron chi connectivity index (χ3n) is 3.00. The standard InChI is InChI=1S/C15H19NO8/c1-9(2)14(15(18)22-4)24-13(17)8-23-10-5-6-11(16(19)20)12(7-10)21-3/h5-7,9,14H,8H2,1-4H3. The van der Waals surface area contributed by atoms with E-state index in [2.05, 4.69) is 4.74 Å². The predicted octanol–water partition coefficient (Wildman–Crippen LogP) is 1.72. The molecule has 1 atom stereocenters. The minimum absolute atomic E-state index is 0.000449. The van der Waals surface area contributed by atoms with Crippen molar-refractivity contribution < 1.29 is 33.5 Å². The maximum absolute atomic E-state index is 11.8. The van der Waals surface area contributed by atoms with Crippen LogP contribution in [-0.4, -0.2) is 43.8 Å². The molecule has 0 N–H and O–H groups in total. The molecular formula is C15H19NO8. The van der Waals surface area contributed by atoms with Crippen LogP contribution >= 0.6 is 0 Å². The zero-order valence-corrected chi connectivity index (χ0v) is 13.8. The lowest BCUT2D eigenvalue weighted by molar-refractivity contribution is -0.385. The average molecular weight is 341 g/mol. The number of benzene rings is 1. The molecule has 1 aromatic carbocycles. The molecule has 0 aliphatic carbocycles. The first-order valence-corrected chi connectivity index (χ1v) is 7.02. The van der Waals surface area contributed by atoms with Crippen LogP contribution in [0.2, 0.25) is 0 Å². The molecule has 0 aliphatic heterocycles. The van der Waals surface area contributed by atoms with Gasteiger partial charge in [-0.3, -0.25) is 10.1 Å². The minimum Gasteiger partial charge on any atom is -0.490 e. The zero-order valence-electron chi connectivity index (χ0n) is 13.8. The second-order valence-corrected chi connectivity index (χ2v) is 5.06. The van der Waals surface area contributed by atoms with Crippen molar-refractivity contribution in [2.75, 3.05) is 20.8 Å². The average Bonchev–Trinajstić information content (AvgIpc) is 2.56. The Morgan fingerprint density at radius 2 is 1.92 bits per heavy atom. The lowest BCUT2D eigenvalue weighted by Gasteiger charge is -2.18. The van der Waals surface area contributed by atoms with Crippen molar-refractivity contribution in [3.8, 4) is 11.5 Å². The summed E-state index contributed by atoms with van der Waals surface area (Å²) in [5.74, 6) is -1.50. The molecule has 0 aliphatic rings. The number of nitrogens with zero attached hydrogens (tertiary/aromatic N) is 1. The number of esters is 2.